The Hall–Kier alpha value is -1.24. The van der Waals surface area contributed by atoms with Crippen LogP contribution in [0.15, 0.2) is 24.3 Å². The maximum atomic E-state index is 12.0. The van der Waals surface area contributed by atoms with Crippen LogP contribution < -0.4 is 16.0 Å². The standard InChI is InChI=1S/C17H25N3O2S.ClH/c1-12-3-5-14(6-4-12)19-16(21)10-23-11-17(22)20-15-7-8-18-9-13(15)2;/h3-6,13,15,18H,7-11H2,1-2H3,(H,19,21)(H,20,22);1H. The number of halogens is 1. The van der Waals surface area contributed by atoms with E-state index in [0.717, 1.165) is 30.8 Å². The molecule has 2 amide bonds. The molecular formula is C17H26ClN3O2S. The van der Waals surface area contributed by atoms with Crippen molar-refractivity contribution in [1.82, 2.24) is 10.6 Å². The van der Waals surface area contributed by atoms with Gasteiger partial charge < -0.3 is 16.0 Å². The molecule has 24 heavy (non-hydrogen) atoms. The van der Waals surface area contributed by atoms with Gasteiger partial charge in [0.25, 0.3) is 0 Å². The van der Waals surface area contributed by atoms with Crippen LogP contribution in [-0.2, 0) is 9.59 Å². The monoisotopic (exact) mass is 371 g/mol. The number of benzene rings is 1. The van der Waals surface area contributed by atoms with Gasteiger partial charge in [0.2, 0.25) is 11.8 Å². The fraction of sp³-hybridized carbons (Fsp3) is 0.529. The highest BCUT2D eigenvalue weighted by Crippen LogP contribution is 2.12. The van der Waals surface area contributed by atoms with E-state index in [0.29, 0.717) is 11.7 Å². The first-order valence-corrected chi connectivity index (χ1v) is 9.14. The second-order valence-corrected chi connectivity index (χ2v) is 7.04. The number of aryl methyl sites for hydroxylation is 1. The highest BCUT2D eigenvalue weighted by molar-refractivity contribution is 8.00. The molecule has 0 saturated carbocycles. The molecule has 1 aromatic rings. The largest absolute Gasteiger partial charge is 0.352 e. The van der Waals surface area contributed by atoms with E-state index in [1.807, 2.05) is 31.2 Å². The molecule has 5 nitrogen and oxygen atoms in total. The molecule has 2 rings (SSSR count). The Bertz CT molecular complexity index is 539. The highest BCUT2D eigenvalue weighted by Gasteiger charge is 2.22. The number of hydrogen-bond donors (Lipinski definition) is 3. The zero-order chi connectivity index (χ0) is 16.7. The second-order valence-electron chi connectivity index (χ2n) is 6.05. The first-order chi connectivity index (χ1) is 11.0. The Morgan fingerprint density at radius 1 is 1.21 bits per heavy atom. The Kier molecular flexibility index (Phi) is 9.18. The van der Waals surface area contributed by atoms with E-state index in [-0.39, 0.29) is 36.0 Å². The normalized spacial score (nSPS) is 19.9. The highest BCUT2D eigenvalue weighted by atomic mass is 35.5. The fourth-order valence-corrected chi connectivity index (χ4v) is 3.18. The topological polar surface area (TPSA) is 70.2 Å². The summed E-state index contributed by atoms with van der Waals surface area (Å²) >= 11 is 1.34. The number of piperidine rings is 1. The Morgan fingerprint density at radius 3 is 2.54 bits per heavy atom. The quantitative estimate of drug-likeness (QED) is 0.717. The number of anilines is 1. The summed E-state index contributed by atoms with van der Waals surface area (Å²) in [6, 6.07) is 7.91. The van der Waals surface area contributed by atoms with Crippen molar-refractivity contribution < 1.29 is 9.59 Å². The zero-order valence-corrected chi connectivity index (χ0v) is 15.8. The summed E-state index contributed by atoms with van der Waals surface area (Å²) in [5.41, 5.74) is 1.94. The van der Waals surface area contributed by atoms with Crippen molar-refractivity contribution in [3.8, 4) is 0 Å². The smallest absolute Gasteiger partial charge is 0.234 e. The first-order valence-electron chi connectivity index (χ1n) is 7.99. The van der Waals surface area contributed by atoms with Gasteiger partial charge in [-0.1, -0.05) is 24.6 Å². The zero-order valence-electron chi connectivity index (χ0n) is 14.1. The fourth-order valence-electron chi connectivity index (χ4n) is 2.55. The van der Waals surface area contributed by atoms with Crippen molar-refractivity contribution in [3.05, 3.63) is 29.8 Å². The average molecular weight is 372 g/mol. The lowest BCUT2D eigenvalue weighted by Crippen LogP contribution is -2.48. The van der Waals surface area contributed by atoms with E-state index >= 15 is 0 Å². The van der Waals surface area contributed by atoms with Gasteiger partial charge in [-0.05, 0) is 44.5 Å². The molecular weight excluding hydrogens is 346 g/mol. The first kappa shape index (κ1) is 20.8. The van der Waals surface area contributed by atoms with Gasteiger partial charge in [0.15, 0.2) is 0 Å². The third-order valence-electron chi connectivity index (χ3n) is 3.93. The summed E-state index contributed by atoms with van der Waals surface area (Å²) < 4.78 is 0. The summed E-state index contributed by atoms with van der Waals surface area (Å²) in [6.07, 6.45) is 0.964. The molecule has 7 heteroatoms. The van der Waals surface area contributed by atoms with Crippen LogP contribution in [0.3, 0.4) is 0 Å². The molecule has 0 bridgehead atoms. The predicted molar refractivity (Wildman–Crippen MR) is 103 cm³/mol. The minimum atomic E-state index is -0.0816. The lowest BCUT2D eigenvalue weighted by molar-refractivity contribution is -0.119. The minimum Gasteiger partial charge on any atom is -0.352 e. The van der Waals surface area contributed by atoms with E-state index in [4.69, 9.17) is 0 Å². The molecule has 134 valence electrons. The van der Waals surface area contributed by atoms with E-state index in [1.54, 1.807) is 0 Å². The number of rotatable bonds is 6. The lowest BCUT2D eigenvalue weighted by Gasteiger charge is -2.30. The van der Waals surface area contributed by atoms with Gasteiger partial charge in [-0.2, -0.15) is 0 Å². The SMILES string of the molecule is Cc1ccc(NC(=O)CSCC(=O)NC2CCNCC2C)cc1.Cl. The molecule has 1 saturated heterocycles. The van der Waals surface area contributed by atoms with E-state index < -0.39 is 0 Å². The predicted octanol–water partition coefficient (Wildman–Crippen LogP) is 2.20. The van der Waals surface area contributed by atoms with Crippen molar-refractivity contribution in [2.45, 2.75) is 26.3 Å². The maximum Gasteiger partial charge on any atom is 0.234 e. The van der Waals surface area contributed by atoms with Crippen LogP contribution in [-0.4, -0.2) is 42.5 Å². The maximum absolute atomic E-state index is 12.0. The number of hydrogen-bond acceptors (Lipinski definition) is 4. The minimum absolute atomic E-state index is 0. The van der Waals surface area contributed by atoms with Crippen LogP contribution in [0.1, 0.15) is 18.9 Å². The van der Waals surface area contributed by atoms with Crippen molar-refractivity contribution in [1.29, 1.82) is 0 Å². The van der Waals surface area contributed by atoms with Crippen LogP contribution in [0.5, 0.6) is 0 Å². The molecule has 1 aliphatic rings. The van der Waals surface area contributed by atoms with Gasteiger partial charge in [0.1, 0.15) is 0 Å². The summed E-state index contributed by atoms with van der Waals surface area (Å²) in [6.45, 7) is 6.03. The lowest BCUT2D eigenvalue weighted by atomic mass is 9.95. The molecule has 1 aromatic carbocycles. The summed E-state index contributed by atoms with van der Waals surface area (Å²) in [5.74, 6) is 0.974. The average Bonchev–Trinajstić information content (AvgIpc) is 2.52. The van der Waals surface area contributed by atoms with E-state index in [2.05, 4.69) is 22.9 Å². The van der Waals surface area contributed by atoms with E-state index in [9.17, 15) is 9.59 Å². The van der Waals surface area contributed by atoms with Gasteiger partial charge in [-0.15, -0.1) is 24.2 Å². The summed E-state index contributed by atoms with van der Waals surface area (Å²) in [7, 11) is 0. The van der Waals surface area contributed by atoms with Gasteiger partial charge in [-0.3, -0.25) is 9.59 Å². The number of amides is 2. The molecule has 3 N–H and O–H groups in total. The Balaban J connectivity index is 0.00000288. The molecule has 2 atom stereocenters. The number of thioether (sulfide) groups is 1. The van der Waals surface area contributed by atoms with Gasteiger partial charge >= 0.3 is 0 Å². The van der Waals surface area contributed by atoms with Crippen molar-refractivity contribution >= 4 is 41.7 Å². The Labute approximate surface area is 154 Å². The van der Waals surface area contributed by atoms with Crippen LogP contribution in [0.2, 0.25) is 0 Å². The number of nitrogens with one attached hydrogen (secondary N) is 3. The molecule has 0 aromatic heterocycles. The van der Waals surface area contributed by atoms with Gasteiger partial charge in [-0.25, -0.2) is 0 Å². The third-order valence-corrected chi connectivity index (χ3v) is 4.87. The molecule has 1 heterocycles. The molecule has 0 radical (unpaired) electrons. The van der Waals surface area contributed by atoms with Gasteiger partial charge in [0.05, 0.1) is 11.5 Å². The van der Waals surface area contributed by atoms with Crippen LogP contribution >= 0.6 is 24.2 Å². The van der Waals surface area contributed by atoms with Crippen LogP contribution in [0.25, 0.3) is 0 Å². The van der Waals surface area contributed by atoms with Crippen LogP contribution in [0.4, 0.5) is 5.69 Å². The summed E-state index contributed by atoms with van der Waals surface area (Å²) in [5, 5.41) is 9.21. The van der Waals surface area contributed by atoms with Crippen molar-refractivity contribution in [2.24, 2.45) is 5.92 Å². The Morgan fingerprint density at radius 2 is 1.88 bits per heavy atom. The second kappa shape index (κ2) is 10.6. The molecule has 2 unspecified atom stereocenters. The molecule has 0 spiro atoms. The van der Waals surface area contributed by atoms with E-state index in [1.165, 1.54) is 11.8 Å². The van der Waals surface area contributed by atoms with Gasteiger partial charge in [0, 0.05) is 11.7 Å². The summed E-state index contributed by atoms with van der Waals surface area (Å²) in [4.78, 5) is 23.8. The number of carbonyl (C=O) groups excluding carboxylic acids is 2. The third kappa shape index (κ3) is 7.11. The molecule has 0 aliphatic carbocycles. The van der Waals surface area contributed by atoms with Crippen molar-refractivity contribution in [3.63, 3.8) is 0 Å². The van der Waals surface area contributed by atoms with Crippen LogP contribution in [0, 0.1) is 12.8 Å². The van der Waals surface area contributed by atoms with Crippen molar-refractivity contribution in [2.75, 3.05) is 29.9 Å². The molecule has 1 aliphatic heterocycles. The molecule has 1 fully saturated rings. The number of carbonyl (C=O) groups is 2.